The van der Waals surface area contributed by atoms with Gasteiger partial charge in [-0.2, -0.15) is 0 Å². The molecule has 1 saturated heterocycles. The number of nitrogens with zero attached hydrogens (tertiary/aromatic N) is 2. The summed E-state index contributed by atoms with van der Waals surface area (Å²) < 4.78 is 0. The van der Waals surface area contributed by atoms with Gasteiger partial charge >= 0.3 is 0 Å². The van der Waals surface area contributed by atoms with Crippen LogP contribution in [0.5, 0.6) is 0 Å². The van der Waals surface area contributed by atoms with E-state index in [1.54, 1.807) is 0 Å². The van der Waals surface area contributed by atoms with Crippen LogP contribution in [0.1, 0.15) is 54.2 Å². The van der Waals surface area contributed by atoms with Crippen LogP contribution < -0.4 is 5.32 Å². The first kappa shape index (κ1) is 22.5. The van der Waals surface area contributed by atoms with E-state index in [4.69, 9.17) is 4.98 Å². The number of rotatable bonds is 5. The van der Waals surface area contributed by atoms with Gasteiger partial charge in [-0.3, -0.25) is 19.5 Å². The lowest BCUT2D eigenvalue weighted by atomic mass is 9.85. The van der Waals surface area contributed by atoms with Crippen molar-refractivity contribution < 1.29 is 9.59 Å². The summed E-state index contributed by atoms with van der Waals surface area (Å²) in [4.78, 5) is 32.7. The highest BCUT2D eigenvalue weighted by atomic mass is 16.1. The first-order chi connectivity index (χ1) is 16.6. The monoisotopic (exact) mass is 453 g/mol. The minimum atomic E-state index is -0.176. The number of piperidine rings is 1. The molecule has 2 heterocycles. The summed E-state index contributed by atoms with van der Waals surface area (Å²) in [6, 6.07) is 18.3. The molecule has 0 saturated carbocycles. The molecule has 1 fully saturated rings. The smallest absolute Gasteiger partial charge is 0.221 e. The normalized spacial score (nSPS) is 18.3. The van der Waals surface area contributed by atoms with Gasteiger partial charge in [0, 0.05) is 18.9 Å². The van der Waals surface area contributed by atoms with E-state index in [9.17, 15) is 9.59 Å². The Morgan fingerprint density at radius 2 is 1.79 bits per heavy atom. The van der Waals surface area contributed by atoms with E-state index < -0.39 is 0 Å². The summed E-state index contributed by atoms with van der Waals surface area (Å²) in [7, 11) is 0. The fourth-order valence-electron chi connectivity index (χ4n) is 5.25. The molecular weight excluding hydrogens is 422 g/mol. The van der Waals surface area contributed by atoms with Gasteiger partial charge in [-0.1, -0.05) is 54.6 Å². The van der Waals surface area contributed by atoms with Gasteiger partial charge in [0.15, 0.2) is 5.78 Å². The highest BCUT2D eigenvalue weighted by Crippen LogP contribution is 2.35. The summed E-state index contributed by atoms with van der Waals surface area (Å²) in [5, 5.41) is 3.74. The lowest BCUT2D eigenvalue weighted by Gasteiger charge is -2.31. The maximum atomic E-state index is 13.5. The van der Waals surface area contributed by atoms with Crippen molar-refractivity contribution in [1.82, 2.24) is 9.88 Å². The van der Waals surface area contributed by atoms with Crippen LogP contribution in [0.3, 0.4) is 0 Å². The van der Waals surface area contributed by atoms with Gasteiger partial charge in [0.05, 0.1) is 22.5 Å². The Hall–Kier alpha value is -3.31. The van der Waals surface area contributed by atoms with Crippen LogP contribution in [0, 0.1) is 5.92 Å². The fraction of sp³-hybridized carbons (Fsp3) is 0.345. The Morgan fingerprint density at radius 1 is 1.06 bits per heavy atom. The van der Waals surface area contributed by atoms with Crippen molar-refractivity contribution in [2.75, 3.05) is 18.4 Å². The first-order valence-corrected chi connectivity index (χ1v) is 12.3. The Morgan fingerprint density at radius 3 is 2.56 bits per heavy atom. The van der Waals surface area contributed by atoms with Crippen molar-refractivity contribution >= 4 is 28.3 Å². The Bertz CT molecular complexity index is 1240. The molecule has 1 aliphatic heterocycles. The summed E-state index contributed by atoms with van der Waals surface area (Å²) in [6.45, 7) is 4.69. The SMILES string of the molecule is CC(=O)Nc1c2c(nc3ccccc13)CCC(=CCC1CCN(Cc3ccccc3)CC1)C2=O. The number of benzene rings is 2. The lowest BCUT2D eigenvalue weighted by Crippen LogP contribution is -2.33. The van der Waals surface area contributed by atoms with Crippen LogP contribution in [0.15, 0.2) is 66.2 Å². The summed E-state index contributed by atoms with van der Waals surface area (Å²) in [5.74, 6) is 0.452. The molecule has 0 radical (unpaired) electrons. The molecule has 5 rings (SSSR count). The molecule has 5 nitrogen and oxygen atoms in total. The minimum absolute atomic E-state index is 0.0183. The van der Waals surface area contributed by atoms with E-state index in [-0.39, 0.29) is 11.7 Å². The number of aryl methyl sites for hydroxylation is 1. The highest BCUT2D eigenvalue weighted by molar-refractivity contribution is 6.19. The number of Topliss-reactive ketones (excluding diaryl/α,β-unsaturated/α-hetero) is 1. The van der Waals surface area contributed by atoms with Crippen LogP contribution in [0.4, 0.5) is 5.69 Å². The maximum absolute atomic E-state index is 13.5. The van der Waals surface area contributed by atoms with Crippen molar-refractivity contribution in [1.29, 1.82) is 0 Å². The maximum Gasteiger partial charge on any atom is 0.221 e. The van der Waals surface area contributed by atoms with Crippen molar-refractivity contribution in [3.8, 4) is 0 Å². The third-order valence-electron chi connectivity index (χ3n) is 7.07. The molecule has 1 N–H and O–H groups in total. The molecule has 3 aromatic rings. The van der Waals surface area contributed by atoms with E-state index in [1.165, 1.54) is 12.5 Å². The predicted octanol–water partition coefficient (Wildman–Crippen LogP) is 5.55. The van der Waals surface area contributed by atoms with Gasteiger partial charge in [-0.05, 0) is 68.3 Å². The number of anilines is 1. The molecule has 2 aliphatic rings. The Balaban J connectivity index is 1.29. The van der Waals surface area contributed by atoms with Crippen LogP contribution in [0.2, 0.25) is 0 Å². The molecule has 0 bridgehead atoms. The number of carbonyl (C=O) groups excluding carboxylic acids is 2. The number of para-hydroxylation sites is 1. The minimum Gasteiger partial charge on any atom is -0.325 e. The number of ketones is 1. The van der Waals surface area contributed by atoms with Crippen molar-refractivity contribution in [2.45, 2.75) is 45.6 Å². The molecular formula is C29H31N3O2. The van der Waals surface area contributed by atoms with Gasteiger partial charge in [0.2, 0.25) is 5.91 Å². The molecule has 174 valence electrons. The van der Waals surface area contributed by atoms with Gasteiger partial charge in [0.1, 0.15) is 0 Å². The number of fused-ring (bicyclic) bond motifs is 2. The van der Waals surface area contributed by atoms with Crippen LogP contribution in [0.25, 0.3) is 10.9 Å². The van der Waals surface area contributed by atoms with E-state index in [0.717, 1.165) is 67.5 Å². The van der Waals surface area contributed by atoms with Gasteiger partial charge in [0.25, 0.3) is 0 Å². The van der Waals surface area contributed by atoms with E-state index in [2.05, 4.69) is 46.6 Å². The number of aromatic nitrogens is 1. The molecule has 2 aromatic carbocycles. The molecule has 34 heavy (non-hydrogen) atoms. The van der Waals surface area contributed by atoms with Crippen molar-refractivity contribution in [3.63, 3.8) is 0 Å². The standard InChI is InChI=1S/C29H31N3O2/c1-20(33)30-28-24-9-5-6-10-25(24)31-26-14-13-23(29(34)27(26)28)12-11-21-15-17-32(18-16-21)19-22-7-3-2-4-8-22/h2-10,12,21H,11,13-19H2,1H3,(H,30,31,33). The number of hydrogen-bond donors (Lipinski definition) is 1. The summed E-state index contributed by atoms with van der Waals surface area (Å²) >= 11 is 0. The number of allylic oxidation sites excluding steroid dienone is 2. The largest absolute Gasteiger partial charge is 0.325 e. The molecule has 0 unspecified atom stereocenters. The zero-order chi connectivity index (χ0) is 23.5. The predicted molar refractivity (Wildman–Crippen MR) is 136 cm³/mol. The second-order valence-electron chi connectivity index (χ2n) is 9.51. The Kier molecular flexibility index (Phi) is 6.54. The lowest BCUT2D eigenvalue weighted by molar-refractivity contribution is -0.114. The van der Waals surface area contributed by atoms with Gasteiger partial charge in [-0.15, -0.1) is 0 Å². The molecule has 0 atom stereocenters. The van der Waals surface area contributed by atoms with E-state index in [1.807, 2.05) is 24.3 Å². The van der Waals surface area contributed by atoms with Gasteiger partial charge in [-0.25, -0.2) is 0 Å². The van der Waals surface area contributed by atoms with E-state index >= 15 is 0 Å². The third kappa shape index (κ3) is 4.80. The molecule has 1 aliphatic carbocycles. The number of nitrogens with one attached hydrogen (secondary N) is 1. The number of amides is 1. The second-order valence-corrected chi connectivity index (χ2v) is 9.51. The fourth-order valence-corrected chi connectivity index (χ4v) is 5.25. The molecule has 1 aromatic heterocycles. The second kappa shape index (κ2) is 9.90. The van der Waals surface area contributed by atoms with Crippen LogP contribution in [-0.2, 0) is 17.8 Å². The van der Waals surface area contributed by atoms with Crippen LogP contribution in [-0.4, -0.2) is 34.7 Å². The third-order valence-corrected chi connectivity index (χ3v) is 7.07. The van der Waals surface area contributed by atoms with Crippen molar-refractivity contribution in [3.05, 3.63) is 83.1 Å². The summed E-state index contributed by atoms with van der Waals surface area (Å²) in [5.41, 5.74) is 5.02. The number of hydrogen-bond acceptors (Lipinski definition) is 4. The Labute approximate surface area is 200 Å². The van der Waals surface area contributed by atoms with Crippen molar-refractivity contribution in [2.24, 2.45) is 5.92 Å². The number of pyridine rings is 1. The zero-order valence-corrected chi connectivity index (χ0v) is 19.7. The summed E-state index contributed by atoms with van der Waals surface area (Å²) in [6.07, 6.45) is 6.85. The average Bonchev–Trinajstić information content (AvgIpc) is 2.85. The highest BCUT2D eigenvalue weighted by Gasteiger charge is 2.28. The van der Waals surface area contributed by atoms with Gasteiger partial charge < -0.3 is 5.32 Å². The molecule has 5 heteroatoms. The molecule has 0 spiro atoms. The first-order valence-electron chi connectivity index (χ1n) is 12.3. The van der Waals surface area contributed by atoms with E-state index in [0.29, 0.717) is 23.6 Å². The number of carbonyl (C=O) groups is 2. The quantitative estimate of drug-likeness (QED) is 0.515. The zero-order valence-electron chi connectivity index (χ0n) is 19.7. The topological polar surface area (TPSA) is 62.3 Å². The average molecular weight is 454 g/mol. The van der Waals surface area contributed by atoms with Crippen LogP contribution >= 0.6 is 0 Å². The molecule has 1 amide bonds. The number of likely N-dealkylation sites (tertiary alicyclic amines) is 1.